The number of carbonyl (C=O) groups is 2. The Labute approximate surface area is 203 Å². The SMILES string of the molecule is CC(=O)c1cn(-c2ccc(CCc3ccc(-n4c(=O)[nH]cc(C(C)=O)c4=O)cc3)cc2)c(=O)[nH]c1=O. The third-order valence-electron chi connectivity index (χ3n) is 5.79. The van der Waals surface area contributed by atoms with Crippen molar-refractivity contribution in [2.45, 2.75) is 26.7 Å². The predicted octanol–water partition coefficient (Wildman–Crippen LogP) is 1.56. The molecule has 0 spiro atoms. The van der Waals surface area contributed by atoms with Gasteiger partial charge in [0.15, 0.2) is 11.6 Å². The molecule has 0 bridgehead atoms. The fraction of sp³-hybridized carbons (Fsp3) is 0.154. The van der Waals surface area contributed by atoms with Crippen LogP contribution in [0, 0.1) is 0 Å². The van der Waals surface area contributed by atoms with Crippen LogP contribution in [0.15, 0.2) is 80.1 Å². The van der Waals surface area contributed by atoms with E-state index in [9.17, 15) is 28.8 Å². The van der Waals surface area contributed by atoms with Crippen LogP contribution in [0.5, 0.6) is 0 Å². The molecule has 10 nitrogen and oxygen atoms in total. The number of benzene rings is 2. The molecule has 4 rings (SSSR count). The van der Waals surface area contributed by atoms with Crippen LogP contribution < -0.4 is 22.5 Å². The molecule has 0 saturated heterocycles. The second-order valence-electron chi connectivity index (χ2n) is 8.27. The van der Waals surface area contributed by atoms with Crippen molar-refractivity contribution in [2.24, 2.45) is 0 Å². The van der Waals surface area contributed by atoms with Gasteiger partial charge < -0.3 is 4.98 Å². The number of aryl methyl sites for hydroxylation is 2. The normalized spacial score (nSPS) is 10.8. The van der Waals surface area contributed by atoms with E-state index in [1.54, 1.807) is 36.4 Å². The highest BCUT2D eigenvalue weighted by molar-refractivity contribution is 5.93. The third kappa shape index (κ3) is 4.83. The molecule has 0 atom stereocenters. The molecule has 0 saturated carbocycles. The zero-order valence-corrected chi connectivity index (χ0v) is 19.5. The third-order valence-corrected chi connectivity index (χ3v) is 5.79. The summed E-state index contributed by atoms with van der Waals surface area (Å²) in [6.45, 7) is 2.52. The Bertz CT molecular complexity index is 1700. The zero-order valence-electron chi connectivity index (χ0n) is 19.5. The average Bonchev–Trinajstić information content (AvgIpc) is 2.83. The lowest BCUT2D eigenvalue weighted by molar-refractivity contribution is 0.100. The monoisotopic (exact) mass is 486 g/mol. The van der Waals surface area contributed by atoms with E-state index in [1.165, 1.54) is 24.6 Å². The van der Waals surface area contributed by atoms with Gasteiger partial charge in [0.1, 0.15) is 0 Å². The highest BCUT2D eigenvalue weighted by atomic mass is 16.2. The molecule has 0 amide bonds. The van der Waals surface area contributed by atoms with E-state index < -0.39 is 34.1 Å². The maximum absolute atomic E-state index is 12.5. The Hall–Kier alpha value is -4.86. The van der Waals surface area contributed by atoms with Gasteiger partial charge in [-0.15, -0.1) is 0 Å². The molecule has 2 heterocycles. The van der Waals surface area contributed by atoms with E-state index in [1.807, 2.05) is 12.1 Å². The Balaban J connectivity index is 1.50. The Morgan fingerprint density at radius 1 is 0.722 bits per heavy atom. The minimum atomic E-state index is -0.715. The van der Waals surface area contributed by atoms with E-state index in [2.05, 4.69) is 9.97 Å². The maximum atomic E-state index is 12.5. The summed E-state index contributed by atoms with van der Waals surface area (Å²) >= 11 is 0. The standard InChI is InChI=1S/C26H22N4O6/c1-15(31)21-13-27-25(35)30(24(21)34)20-11-7-18(8-12-20)4-3-17-5-9-19(10-6-17)29-14-22(16(2)32)23(33)28-26(29)36/h5-14H,3-4H2,1-2H3,(H,27,35)(H,28,33,36). The Morgan fingerprint density at radius 2 is 1.25 bits per heavy atom. The summed E-state index contributed by atoms with van der Waals surface area (Å²) in [5.74, 6) is -0.869. The molecule has 2 aromatic carbocycles. The second kappa shape index (κ2) is 9.79. The molecule has 2 N–H and O–H groups in total. The van der Waals surface area contributed by atoms with E-state index in [0.717, 1.165) is 21.9 Å². The smallest absolute Gasteiger partial charge is 0.313 e. The fourth-order valence-electron chi connectivity index (χ4n) is 3.80. The van der Waals surface area contributed by atoms with Crippen molar-refractivity contribution in [1.29, 1.82) is 0 Å². The highest BCUT2D eigenvalue weighted by Crippen LogP contribution is 2.13. The first-order valence-corrected chi connectivity index (χ1v) is 11.1. The predicted molar refractivity (Wildman–Crippen MR) is 133 cm³/mol. The zero-order chi connectivity index (χ0) is 26.0. The second-order valence-corrected chi connectivity index (χ2v) is 8.27. The largest absolute Gasteiger partial charge is 0.333 e. The molecular formula is C26H22N4O6. The summed E-state index contributed by atoms with van der Waals surface area (Å²) < 4.78 is 2.14. The van der Waals surface area contributed by atoms with Crippen molar-refractivity contribution in [3.63, 3.8) is 0 Å². The van der Waals surface area contributed by atoms with Gasteiger partial charge in [-0.3, -0.25) is 28.7 Å². The number of ketones is 2. The van der Waals surface area contributed by atoms with Gasteiger partial charge in [0, 0.05) is 12.4 Å². The van der Waals surface area contributed by atoms with Crippen LogP contribution >= 0.6 is 0 Å². The molecule has 0 radical (unpaired) electrons. The van der Waals surface area contributed by atoms with Crippen LogP contribution in [0.25, 0.3) is 11.4 Å². The van der Waals surface area contributed by atoms with Crippen molar-refractivity contribution in [3.8, 4) is 11.4 Å². The first-order valence-electron chi connectivity index (χ1n) is 11.1. The summed E-state index contributed by atoms with van der Waals surface area (Å²) in [5, 5.41) is 0. The molecule has 4 aromatic rings. The van der Waals surface area contributed by atoms with Gasteiger partial charge >= 0.3 is 11.4 Å². The van der Waals surface area contributed by atoms with Crippen molar-refractivity contribution in [2.75, 3.05) is 0 Å². The van der Waals surface area contributed by atoms with Crippen molar-refractivity contribution in [1.82, 2.24) is 19.1 Å². The lowest BCUT2D eigenvalue weighted by atomic mass is 10.0. The summed E-state index contributed by atoms with van der Waals surface area (Å²) in [6.07, 6.45) is 3.71. The number of aromatic amines is 2. The number of carbonyl (C=O) groups excluding carboxylic acids is 2. The summed E-state index contributed by atoms with van der Waals surface area (Å²) in [6, 6.07) is 14.0. The number of hydrogen-bond acceptors (Lipinski definition) is 6. The van der Waals surface area contributed by atoms with E-state index in [-0.39, 0.29) is 11.1 Å². The number of rotatable bonds is 7. The van der Waals surface area contributed by atoms with Gasteiger partial charge in [0.25, 0.3) is 11.1 Å². The van der Waals surface area contributed by atoms with E-state index >= 15 is 0 Å². The molecule has 0 aliphatic carbocycles. The molecule has 0 fully saturated rings. The van der Waals surface area contributed by atoms with Crippen LogP contribution in [-0.2, 0) is 12.8 Å². The molecule has 36 heavy (non-hydrogen) atoms. The summed E-state index contributed by atoms with van der Waals surface area (Å²) in [7, 11) is 0. The molecular weight excluding hydrogens is 464 g/mol. The molecule has 2 aromatic heterocycles. The van der Waals surface area contributed by atoms with Crippen LogP contribution in [0.1, 0.15) is 45.7 Å². The lowest BCUT2D eigenvalue weighted by Gasteiger charge is -2.09. The molecule has 0 aliphatic rings. The minimum absolute atomic E-state index is 0.0937. The number of hydrogen-bond donors (Lipinski definition) is 2. The fourth-order valence-corrected chi connectivity index (χ4v) is 3.80. The molecule has 0 unspecified atom stereocenters. The topological polar surface area (TPSA) is 144 Å². The van der Waals surface area contributed by atoms with Gasteiger partial charge in [0.05, 0.1) is 22.5 Å². The van der Waals surface area contributed by atoms with Gasteiger partial charge in [-0.05, 0) is 62.1 Å². The van der Waals surface area contributed by atoms with Gasteiger partial charge in [-0.1, -0.05) is 24.3 Å². The maximum Gasteiger partial charge on any atom is 0.333 e. The molecule has 182 valence electrons. The van der Waals surface area contributed by atoms with Gasteiger partial charge in [0.2, 0.25) is 0 Å². The minimum Gasteiger partial charge on any atom is -0.313 e. The first-order chi connectivity index (χ1) is 17.2. The Kier molecular flexibility index (Phi) is 6.60. The number of H-pyrrole nitrogens is 2. The number of nitrogens with one attached hydrogen (secondary N) is 2. The molecule has 0 aliphatic heterocycles. The number of nitrogens with zero attached hydrogens (tertiary/aromatic N) is 2. The molecule has 10 heteroatoms. The highest BCUT2D eigenvalue weighted by Gasteiger charge is 2.13. The lowest BCUT2D eigenvalue weighted by Crippen LogP contribution is -2.36. The van der Waals surface area contributed by atoms with Crippen LogP contribution in [0.4, 0.5) is 0 Å². The van der Waals surface area contributed by atoms with E-state index in [4.69, 9.17) is 0 Å². The van der Waals surface area contributed by atoms with Gasteiger partial charge in [-0.2, -0.15) is 0 Å². The van der Waals surface area contributed by atoms with Crippen LogP contribution in [0.2, 0.25) is 0 Å². The first kappa shape index (κ1) is 24.3. The number of aromatic nitrogens is 4. The van der Waals surface area contributed by atoms with Crippen molar-refractivity contribution < 1.29 is 9.59 Å². The van der Waals surface area contributed by atoms with Gasteiger partial charge in [-0.25, -0.2) is 14.2 Å². The van der Waals surface area contributed by atoms with Crippen LogP contribution in [-0.4, -0.2) is 30.7 Å². The van der Waals surface area contributed by atoms with Crippen molar-refractivity contribution >= 4 is 11.6 Å². The summed E-state index contributed by atoms with van der Waals surface area (Å²) in [4.78, 5) is 76.5. The Morgan fingerprint density at radius 3 is 1.78 bits per heavy atom. The number of Topliss-reactive ketones (excluding diaryl/α,β-unsaturated/α-hetero) is 2. The van der Waals surface area contributed by atoms with Crippen LogP contribution in [0.3, 0.4) is 0 Å². The average molecular weight is 486 g/mol. The van der Waals surface area contributed by atoms with E-state index in [0.29, 0.717) is 24.2 Å². The quantitative estimate of drug-likeness (QED) is 0.379. The van der Waals surface area contributed by atoms with Crippen molar-refractivity contribution in [3.05, 3.63) is 125 Å². The summed E-state index contributed by atoms with van der Waals surface area (Å²) in [5.41, 5.74) is -0.0119.